The fourth-order valence-electron chi connectivity index (χ4n) is 9.56. The third-order valence-electron chi connectivity index (χ3n) is 12.4. The number of halogens is 1. The van der Waals surface area contributed by atoms with Gasteiger partial charge in [-0.15, -0.1) is 0 Å². The molecule has 2 N–H and O–H groups in total. The summed E-state index contributed by atoms with van der Waals surface area (Å²) in [6.07, 6.45) is 11.0. The van der Waals surface area contributed by atoms with Crippen molar-refractivity contribution in [2.75, 3.05) is 0 Å². The van der Waals surface area contributed by atoms with Gasteiger partial charge in [-0.25, -0.2) is 9.07 Å². The molecule has 1 saturated carbocycles. The predicted octanol–water partition coefficient (Wildman–Crippen LogP) is 11.4. The number of benzene rings is 5. The minimum atomic E-state index is -0.854. The number of nitrogens with zero attached hydrogens (tertiary/aromatic N) is 3. The molecule has 0 saturated heterocycles. The Morgan fingerprint density at radius 1 is 0.833 bits per heavy atom. The lowest BCUT2D eigenvalue weighted by molar-refractivity contribution is 0.0904. The zero-order valence-corrected chi connectivity index (χ0v) is 34.0. The van der Waals surface area contributed by atoms with E-state index in [-0.39, 0.29) is 23.3 Å². The molecule has 2 aliphatic carbocycles. The molecule has 6 nitrogen and oxygen atoms in total. The van der Waals surface area contributed by atoms with Gasteiger partial charge in [-0.3, -0.25) is 9.78 Å². The summed E-state index contributed by atoms with van der Waals surface area (Å²) in [7, 11) is 0. The molecule has 300 valence electrons. The number of rotatable bonds is 12. The quantitative estimate of drug-likeness (QED) is 0.121. The maximum Gasteiger partial charge on any atom is 0.251 e. The first-order chi connectivity index (χ1) is 29.4. The maximum absolute atomic E-state index is 15.3. The third kappa shape index (κ3) is 7.73. The molecule has 9 rings (SSSR count). The van der Waals surface area contributed by atoms with Crippen LogP contribution in [0, 0.1) is 6.92 Å². The van der Waals surface area contributed by atoms with Gasteiger partial charge in [-0.2, -0.15) is 5.10 Å². The molecule has 0 spiro atoms. The number of aromatic nitrogens is 3. The number of amides is 1. The van der Waals surface area contributed by atoms with Crippen LogP contribution in [0.5, 0.6) is 0 Å². The summed E-state index contributed by atoms with van der Waals surface area (Å²) in [5, 5.41) is 13.7. The van der Waals surface area contributed by atoms with Crippen molar-refractivity contribution in [3.8, 4) is 11.3 Å². The first-order valence-electron chi connectivity index (χ1n) is 21.2. The fraction of sp³-hybridized carbons (Fsp3) is 0.226. The van der Waals surface area contributed by atoms with Crippen molar-refractivity contribution in [3.05, 3.63) is 215 Å². The Morgan fingerprint density at radius 3 is 2.12 bits per heavy atom. The number of pyridine rings is 1. The standard InChI is InChI=1S/C53H50FN5O/c1-38-33-40(30-32-55-38)50-47-34-41(51(60)57-46-26-16-31-52(36-46,35-42-19-14-15-27-48(42)54)56-37-39-17-6-2-7-18-39)28-29-49(47)59(58-50)53(43-20-8-3-9-21-43,44-22-10-4-11-23-44)45-24-12-5-13-25-45/h2-14,17-25,28-30,32-34,46,56H,15-16,26-27,31,35-37H2,1H3,(H,57,60)/t46-,52-/m1/s1. The van der Waals surface area contributed by atoms with E-state index in [2.05, 4.69) is 123 Å². The second kappa shape index (κ2) is 17.0. The zero-order valence-electron chi connectivity index (χ0n) is 34.0. The van der Waals surface area contributed by atoms with Crippen LogP contribution >= 0.6 is 0 Å². The van der Waals surface area contributed by atoms with Crippen LogP contribution in [-0.4, -0.2) is 32.3 Å². The number of hydrogen-bond acceptors (Lipinski definition) is 4. The van der Waals surface area contributed by atoms with Crippen molar-refractivity contribution in [1.29, 1.82) is 0 Å². The van der Waals surface area contributed by atoms with Crippen molar-refractivity contribution in [2.24, 2.45) is 0 Å². The van der Waals surface area contributed by atoms with Crippen LogP contribution in [0.15, 0.2) is 181 Å². The summed E-state index contributed by atoms with van der Waals surface area (Å²) in [5.74, 6) is -0.150. The van der Waals surface area contributed by atoms with Crippen LogP contribution in [-0.2, 0) is 12.1 Å². The molecule has 2 aliphatic rings. The van der Waals surface area contributed by atoms with E-state index in [1.165, 1.54) is 5.56 Å². The Morgan fingerprint density at radius 2 is 1.48 bits per heavy atom. The summed E-state index contributed by atoms with van der Waals surface area (Å²) in [5.41, 5.74) is 7.95. The van der Waals surface area contributed by atoms with Crippen molar-refractivity contribution >= 4 is 16.8 Å². The smallest absolute Gasteiger partial charge is 0.251 e. The number of carbonyl (C=O) groups excluding carboxylic acids is 1. The van der Waals surface area contributed by atoms with E-state index < -0.39 is 5.54 Å². The monoisotopic (exact) mass is 791 g/mol. The molecular formula is C53H50FN5O. The van der Waals surface area contributed by atoms with Crippen LogP contribution in [0.25, 0.3) is 22.2 Å². The molecule has 1 amide bonds. The van der Waals surface area contributed by atoms with Gasteiger partial charge in [0.05, 0.1) is 5.52 Å². The van der Waals surface area contributed by atoms with Crippen LogP contribution < -0.4 is 10.6 Å². The van der Waals surface area contributed by atoms with Gasteiger partial charge < -0.3 is 10.6 Å². The maximum atomic E-state index is 15.3. The molecule has 0 bridgehead atoms. The van der Waals surface area contributed by atoms with Crippen molar-refractivity contribution in [1.82, 2.24) is 25.4 Å². The van der Waals surface area contributed by atoms with Gasteiger partial charge in [0.25, 0.3) is 5.91 Å². The lowest BCUT2D eigenvalue weighted by Crippen LogP contribution is -2.53. The Bertz CT molecular complexity index is 2560. The molecule has 0 aliphatic heterocycles. The number of carbonyl (C=O) groups is 1. The molecule has 0 unspecified atom stereocenters. The highest BCUT2D eigenvalue weighted by atomic mass is 19.1. The molecule has 1 fully saturated rings. The van der Waals surface area contributed by atoms with Crippen LogP contribution in [0.3, 0.4) is 0 Å². The number of hydrogen-bond donors (Lipinski definition) is 2. The minimum Gasteiger partial charge on any atom is -0.349 e. The van der Waals surface area contributed by atoms with Crippen LogP contribution in [0.1, 0.15) is 83.3 Å². The number of allylic oxidation sites excluding steroid dienone is 3. The molecular weight excluding hydrogens is 742 g/mol. The summed E-state index contributed by atoms with van der Waals surface area (Å²) in [6, 6.07) is 51.9. The van der Waals surface area contributed by atoms with Crippen molar-refractivity contribution in [3.63, 3.8) is 0 Å². The van der Waals surface area contributed by atoms with E-state index in [4.69, 9.17) is 5.10 Å². The average Bonchev–Trinajstić information content (AvgIpc) is 3.67. The van der Waals surface area contributed by atoms with Gasteiger partial charge in [0.2, 0.25) is 0 Å². The lowest BCUT2D eigenvalue weighted by Gasteiger charge is -2.43. The molecule has 7 aromatic rings. The summed E-state index contributed by atoms with van der Waals surface area (Å²) in [6.45, 7) is 2.66. The second-order valence-electron chi connectivity index (χ2n) is 16.4. The highest BCUT2D eigenvalue weighted by molar-refractivity contribution is 6.02. The van der Waals surface area contributed by atoms with Gasteiger partial charge >= 0.3 is 0 Å². The normalized spacial score (nSPS) is 18.1. The lowest BCUT2D eigenvalue weighted by atomic mass is 9.74. The largest absolute Gasteiger partial charge is 0.349 e. The number of fused-ring (bicyclic) bond motifs is 1. The fourth-order valence-corrected chi connectivity index (χ4v) is 9.56. The molecule has 2 atom stereocenters. The highest BCUT2D eigenvalue weighted by Crippen LogP contribution is 2.44. The molecule has 60 heavy (non-hydrogen) atoms. The van der Waals surface area contributed by atoms with Gasteiger partial charge in [-0.1, -0.05) is 133 Å². The van der Waals surface area contributed by atoms with Gasteiger partial charge in [0.1, 0.15) is 17.1 Å². The van der Waals surface area contributed by atoms with E-state index >= 15 is 4.39 Å². The van der Waals surface area contributed by atoms with Crippen molar-refractivity contribution in [2.45, 2.75) is 75.5 Å². The van der Waals surface area contributed by atoms with Gasteiger partial charge in [0, 0.05) is 53.0 Å². The molecule has 2 heterocycles. The SMILES string of the molecule is Cc1cc(-c2nn(C(c3ccccc3)(c3ccccc3)c3ccccc3)c3ccc(C(=O)N[C@@H]4CCC[C@](CC5=C(F)CCC=C5)(NCc5ccccc5)C4)cc23)ccn1. The first-order valence-corrected chi connectivity index (χ1v) is 21.2. The van der Waals surface area contributed by atoms with Gasteiger partial charge in [0.15, 0.2) is 0 Å². The van der Waals surface area contributed by atoms with E-state index in [0.717, 1.165) is 75.8 Å². The number of aryl methyl sites for hydroxylation is 1. The summed E-state index contributed by atoms with van der Waals surface area (Å²) < 4.78 is 17.4. The van der Waals surface area contributed by atoms with E-state index in [1.807, 2.05) is 73.8 Å². The molecule has 7 heteroatoms. The van der Waals surface area contributed by atoms with Gasteiger partial charge in [-0.05, 0) is 104 Å². The second-order valence-corrected chi connectivity index (χ2v) is 16.4. The molecule has 5 aromatic carbocycles. The molecule has 0 radical (unpaired) electrons. The highest BCUT2D eigenvalue weighted by Gasteiger charge is 2.42. The Balaban J connectivity index is 1.12. The summed E-state index contributed by atoms with van der Waals surface area (Å²) >= 11 is 0. The zero-order chi connectivity index (χ0) is 40.9. The average molecular weight is 792 g/mol. The Hall–Kier alpha value is -6.44. The summed E-state index contributed by atoms with van der Waals surface area (Å²) in [4.78, 5) is 19.0. The number of nitrogens with one attached hydrogen (secondary N) is 2. The van der Waals surface area contributed by atoms with Crippen LogP contribution in [0.2, 0.25) is 0 Å². The third-order valence-corrected chi connectivity index (χ3v) is 12.4. The first kappa shape index (κ1) is 39.0. The Labute approximate surface area is 351 Å². The van der Waals surface area contributed by atoms with E-state index in [1.54, 1.807) is 0 Å². The predicted molar refractivity (Wildman–Crippen MR) is 239 cm³/mol. The van der Waals surface area contributed by atoms with E-state index in [0.29, 0.717) is 31.4 Å². The Kier molecular flexibility index (Phi) is 11.1. The topological polar surface area (TPSA) is 71.8 Å². The molecule has 2 aromatic heterocycles. The van der Waals surface area contributed by atoms with Crippen molar-refractivity contribution < 1.29 is 9.18 Å². The van der Waals surface area contributed by atoms with Crippen LogP contribution in [0.4, 0.5) is 4.39 Å². The minimum absolute atomic E-state index is 0.0191. The van der Waals surface area contributed by atoms with E-state index in [9.17, 15) is 4.79 Å².